The molecular formula is C20H27NO3S. The van der Waals surface area contributed by atoms with Crippen LogP contribution in [0.4, 0.5) is 0 Å². The first-order valence-corrected chi connectivity index (χ1v) is 10.4. The predicted molar refractivity (Wildman–Crippen MR) is 101 cm³/mol. The molecule has 2 aromatic rings. The maximum atomic E-state index is 12.4. The number of nitrogens with one attached hydrogen (secondary N) is 1. The lowest BCUT2D eigenvalue weighted by atomic mass is 10.00. The lowest BCUT2D eigenvalue weighted by Gasteiger charge is -2.15. The van der Waals surface area contributed by atoms with Crippen LogP contribution >= 0.6 is 0 Å². The van der Waals surface area contributed by atoms with Crippen LogP contribution in [-0.4, -0.2) is 15.0 Å². The first-order valence-electron chi connectivity index (χ1n) is 8.87. The molecule has 136 valence electrons. The largest absolute Gasteiger partial charge is 0.457 e. The Morgan fingerprint density at radius 1 is 0.960 bits per heavy atom. The van der Waals surface area contributed by atoms with E-state index in [1.54, 1.807) is 24.3 Å². The van der Waals surface area contributed by atoms with Gasteiger partial charge in [-0.05, 0) is 48.7 Å². The molecule has 0 bridgehead atoms. The molecule has 25 heavy (non-hydrogen) atoms. The Hall–Kier alpha value is -1.85. The van der Waals surface area contributed by atoms with E-state index in [-0.39, 0.29) is 4.90 Å². The summed E-state index contributed by atoms with van der Waals surface area (Å²) in [5, 5.41) is 0. The third-order valence-corrected chi connectivity index (χ3v) is 5.66. The SMILES string of the molecule is CCCCC(CC)CNS(=O)(=O)c1ccc(Oc2ccccc2)cc1. The molecule has 0 amide bonds. The van der Waals surface area contributed by atoms with E-state index in [1.807, 2.05) is 30.3 Å². The van der Waals surface area contributed by atoms with Crippen molar-refractivity contribution in [3.05, 3.63) is 54.6 Å². The minimum Gasteiger partial charge on any atom is -0.457 e. The first-order chi connectivity index (χ1) is 12.0. The molecule has 0 aliphatic rings. The van der Waals surface area contributed by atoms with Gasteiger partial charge in [0.15, 0.2) is 0 Å². The molecule has 5 heteroatoms. The minimum absolute atomic E-state index is 0.262. The van der Waals surface area contributed by atoms with Gasteiger partial charge in [0.05, 0.1) is 4.90 Å². The fourth-order valence-electron chi connectivity index (χ4n) is 2.57. The zero-order chi connectivity index (χ0) is 18.1. The Kier molecular flexibility index (Phi) is 7.47. The molecule has 0 heterocycles. The van der Waals surface area contributed by atoms with Crippen LogP contribution in [-0.2, 0) is 10.0 Å². The molecule has 0 saturated carbocycles. The summed E-state index contributed by atoms with van der Waals surface area (Å²) in [4.78, 5) is 0.262. The summed E-state index contributed by atoms with van der Waals surface area (Å²) in [7, 11) is -3.49. The van der Waals surface area contributed by atoms with Crippen LogP contribution in [0.15, 0.2) is 59.5 Å². The van der Waals surface area contributed by atoms with E-state index in [4.69, 9.17) is 4.74 Å². The van der Waals surface area contributed by atoms with Crippen molar-refractivity contribution in [2.24, 2.45) is 5.92 Å². The summed E-state index contributed by atoms with van der Waals surface area (Å²) in [6, 6.07) is 15.9. The molecule has 0 saturated heterocycles. The maximum absolute atomic E-state index is 12.4. The number of unbranched alkanes of at least 4 members (excludes halogenated alkanes) is 1. The van der Waals surface area contributed by atoms with Gasteiger partial charge in [0.1, 0.15) is 11.5 Å². The second-order valence-corrected chi connectivity index (χ2v) is 7.92. The third kappa shape index (κ3) is 6.18. The summed E-state index contributed by atoms with van der Waals surface area (Å²) in [5.41, 5.74) is 0. The second kappa shape index (κ2) is 9.59. The van der Waals surface area contributed by atoms with Crippen molar-refractivity contribution in [2.45, 2.75) is 44.4 Å². The number of rotatable bonds is 10. The summed E-state index contributed by atoms with van der Waals surface area (Å²) >= 11 is 0. The van der Waals surface area contributed by atoms with Gasteiger partial charge in [-0.1, -0.05) is 51.3 Å². The Morgan fingerprint density at radius 3 is 2.20 bits per heavy atom. The lowest BCUT2D eigenvalue weighted by molar-refractivity contribution is 0.443. The van der Waals surface area contributed by atoms with Crippen LogP contribution in [0.1, 0.15) is 39.5 Å². The second-order valence-electron chi connectivity index (χ2n) is 6.15. The highest BCUT2D eigenvalue weighted by Gasteiger charge is 2.16. The summed E-state index contributed by atoms with van der Waals surface area (Å²) in [6.07, 6.45) is 4.30. The van der Waals surface area contributed by atoms with Crippen LogP contribution in [0.3, 0.4) is 0 Å². The molecule has 0 aromatic heterocycles. The molecule has 2 aromatic carbocycles. The Morgan fingerprint density at radius 2 is 1.60 bits per heavy atom. The Labute approximate surface area is 151 Å². The monoisotopic (exact) mass is 361 g/mol. The van der Waals surface area contributed by atoms with Crippen molar-refractivity contribution in [3.8, 4) is 11.5 Å². The van der Waals surface area contributed by atoms with Crippen molar-refractivity contribution in [3.63, 3.8) is 0 Å². The van der Waals surface area contributed by atoms with Crippen LogP contribution < -0.4 is 9.46 Å². The van der Waals surface area contributed by atoms with Crippen molar-refractivity contribution in [2.75, 3.05) is 6.54 Å². The fraction of sp³-hybridized carbons (Fsp3) is 0.400. The number of hydrogen-bond acceptors (Lipinski definition) is 3. The molecule has 1 unspecified atom stereocenters. The molecule has 0 spiro atoms. The van der Waals surface area contributed by atoms with Gasteiger partial charge in [0.25, 0.3) is 0 Å². The topological polar surface area (TPSA) is 55.4 Å². The number of hydrogen-bond donors (Lipinski definition) is 1. The van der Waals surface area contributed by atoms with Gasteiger partial charge in [0.2, 0.25) is 10.0 Å². The smallest absolute Gasteiger partial charge is 0.240 e. The van der Waals surface area contributed by atoms with E-state index < -0.39 is 10.0 Å². The highest BCUT2D eigenvalue weighted by molar-refractivity contribution is 7.89. The van der Waals surface area contributed by atoms with E-state index in [2.05, 4.69) is 18.6 Å². The van der Waals surface area contributed by atoms with Crippen LogP contribution in [0.25, 0.3) is 0 Å². The Bertz CT molecular complexity index is 727. The van der Waals surface area contributed by atoms with Crippen LogP contribution in [0.2, 0.25) is 0 Å². The number of sulfonamides is 1. The van der Waals surface area contributed by atoms with Gasteiger partial charge in [-0.25, -0.2) is 13.1 Å². The highest BCUT2D eigenvalue weighted by Crippen LogP contribution is 2.22. The molecule has 2 rings (SSSR count). The van der Waals surface area contributed by atoms with Gasteiger partial charge in [-0.2, -0.15) is 0 Å². The average molecular weight is 362 g/mol. The van der Waals surface area contributed by atoms with Gasteiger partial charge >= 0.3 is 0 Å². The van der Waals surface area contributed by atoms with Gasteiger partial charge in [-0.15, -0.1) is 0 Å². The van der Waals surface area contributed by atoms with Gasteiger partial charge in [-0.3, -0.25) is 0 Å². The van der Waals surface area contributed by atoms with Crippen molar-refractivity contribution < 1.29 is 13.2 Å². The van der Waals surface area contributed by atoms with Crippen molar-refractivity contribution in [1.82, 2.24) is 4.72 Å². The summed E-state index contributed by atoms with van der Waals surface area (Å²) < 4.78 is 33.3. The van der Waals surface area contributed by atoms with Crippen LogP contribution in [0, 0.1) is 5.92 Å². The zero-order valence-electron chi connectivity index (χ0n) is 14.9. The van der Waals surface area contributed by atoms with E-state index in [9.17, 15) is 8.42 Å². The molecule has 0 aliphatic heterocycles. The predicted octanol–water partition coefficient (Wildman–Crippen LogP) is 4.97. The summed E-state index contributed by atoms with van der Waals surface area (Å²) in [6.45, 7) is 4.74. The maximum Gasteiger partial charge on any atom is 0.240 e. The lowest BCUT2D eigenvalue weighted by Crippen LogP contribution is -2.29. The third-order valence-electron chi connectivity index (χ3n) is 4.22. The molecule has 0 aliphatic carbocycles. The molecule has 1 atom stereocenters. The molecule has 0 radical (unpaired) electrons. The highest BCUT2D eigenvalue weighted by atomic mass is 32.2. The fourth-order valence-corrected chi connectivity index (χ4v) is 3.68. The summed E-state index contributed by atoms with van der Waals surface area (Å²) in [5.74, 6) is 1.72. The van der Waals surface area contributed by atoms with Crippen molar-refractivity contribution >= 4 is 10.0 Å². The van der Waals surface area contributed by atoms with E-state index in [0.29, 0.717) is 18.2 Å². The van der Waals surface area contributed by atoms with Gasteiger partial charge in [0, 0.05) is 6.54 Å². The van der Waals surface area contributed by atoms with E-state index >= 15 is 0 Å². The first kappa shape index (κ1) is 19.5. The minimum atomic E-state index is -3.49. The number of para-hydroxylation sites is 1. The number of benzene rings is 2. The standard InChI is InChI=1S/C20H27NO3S/c1-3-5-9-17(4-2)16-21-25(22,23)20-14-12-19(13-15-20)24-18-10-7-6-8-11-18/h6-8,10-15,17,21H,3-5,9,16H2,1-2H3. The molecule has 4 nitrogen and oxygen atoms in total. The number of ether oxygens (including phenoxy) is 1. The normalized spacial score (nSPS) is 12.7. The average Bonchev–Trinajstić information content (AvgIpc) is 2.63. The van der Waals surface area contributed by atoms with E-state index in [0.717, 1.165) is 31.4 Å². The molecular weight excluding hydrogens is 334 g/mol. The molecule has 0 fully saturated rings. The Balaban J connectivity index is 1.97. The zero-order valence-corrected chi connectivity index (χ0v) is 15.8. The van der Waals surface area contributed by atoms with Crippen molar-refractivity contribution in [1.29, 1.82) is 0 Å². The molecule has 1 N–H and O–H groups in total. The quantitative estimate of drug-likeness (QED) is 0.650. The van der Waals surface area contributed by atoms with E-state index in [1.165, 1.54) is 0 Å². The van der Waals surface area contributed by atoms with Gasteiger partial charge < -0.3 is 4.74 Å². The van der Waals surface area contributed by atoms with Crippen LogP contribution in [0.5, 0.6) is 11.5 Å².